The maximum atomic E-state index is 5.80. The minimum atomic E-state index is 0.643. The predicted molar refractivity (Wildman–Crippen MR) is 116 cm³/mol. The number of methoxy groups -OCH3 is 2. The molecule has 0 aliphatic carbocycles. The normalized spacial score (nSPS) is 11.1. The van der Waals surface area contributed by atoms with Crippen LogP contribution in [0.25, 0.3) is 16.6 Å². The van der Waals surface area contributed by atoms with Gasteiger partial charge in [-0.25, -0.2) is 0 Å². The van der Waals surface area contributed by atoms with E-state index in [1.165, 1.54) is 10.9 Å². The average Bonchev–Trinajstić information content (AvgIpc) is 3.16. The lowest BCUT2D eigenvalue weighted by atomic mass is 10.1. The van der Waals surface area contributed by atoms with E-state index in [9.17, 15) is 0 Å². The molecule has 0 N–H and O–H groups in total. The number of thioether (sulfide) groups is 1. The second-order valence-electron chi connectivity index (χ2n) is 6.61. The zero-order valence-corrected chi connectivity index (χ0v) is 17.5. The van der Waals surface area contributed by atoms with Crippen molar-refractivity contribution in [1.29, 1.82) is 0 Å². The predicted octanol–water partition coefficient (Wildman–Crippen LogP) is 4.77. The third-order valence-corrected chi connectivity index (χ3v) is 5.74. The highest BCUT2D eigenvalue weighted by Gasteiger charge is 2.12. The van der Waals surface area contributed by atoms with Gasteiger partial charge in [0.05, 0.1) is 26.3 Å². The fourth-order valence-electron chi connectivity index (χ4n) is 3.21. The summed E-state index contributed by atoms with van der Waals surface area (Å²) in [7, 11) is 3.33. The molecule has 2 aromatic heterocycles. The summed E-state index contributed by atoms with van der Waals surface area (Å²) in [5.74, 6) is 3.38. The number of ether oxygens (including phenoxy) is 3. The van der Waals surface area contributed by atoms with Crippen molar-refractivity contribution in [3.8, 4) is 17.2 Å². The third-order valence-electron chi connectivity index (χ3n) is 4.72. The van der Waals surface area contributed by atoms with Crippen molar-refractivity contribution >= 4 is 28.3 Å². The Labute approximate surface area is 173 Å². The van der Waals surface area contributed by atoms with E-state index >= 15 is 0 Å². The van der Waals surface area contributed by atoms with Crippen LogP contribution in [0.15, 0.2) is 53.7 Å². The van der Waals surface area contributed by atoms with Gasteiger partial charge in [-0.15, -0.1) is 10.2 Å². The average molecular weight is 410 g/mol. The highest BCUT2D eigenvalue weighted by molar-refractivity contribution is 7.99. The lowest BCUT2D eigenvalue weighted by Crippen LogP contribution is -1.99. The van der Waals surface area contributed by atoms with Crippen molar-refractivity contribution in [1.82, 2.24) is 14.6 Å². The van der Waals surface area contributed by atoms with Gasteiger partial charge >= 0.3 is 0 Å². The number of pyridine rings is 1. The van der Waals surface area contributed by atoms with Crippen LogP contribution in [0.4, 0.5) is 0 Å². The van der Waals surface area contributed by atoms with Gasteiger partial charge in [-0.3, -0.25) is 4.40 Å². The number of nitrogens with zero attached hydrogens (tertiary/aromatic N) is 3. The first-order valence-electron chi connectivity index (χ1n) is 9.42. The molecule has 0 atom stereocenters. The van der Waals surface area contributed by atoms with Gasteiger partial charge in [-0.05, 0) is 61.4 Å². The summed E-state index contributed by atoms with van der Waals surface area (Å²) in [5, 5.41) is 10.8. The van der Waals surface area contributed by atoms with Crippen molar-refractivity contribution in [3.63, 3.8) is 0 Å². The zero-order valence-electron chi connectivity index (χ0n) is 16.7. The largest absolute Gasteiger partial charge is 0.497 e. The topological polar surface area (TPSA) is 57.9 Å². The van der Waals surface area contributed by atoms with E-state index in [1.807, 2.05) is 36.4 Å². The van der Waals surface area contributed by atoms with Crippen LogP contribution in [0.3, 0.4) is 0 Å². The highest BCUT2D eigenvalue weighted by Crippen LogP contribution is 2.29. The molecular weight excluding hydrogens is 386 g/mol. The minimum absolute atomic E-state index is 0.643. The van der Waals surface area contributed by atoms with Crippen LogP contribution < -0.4 is 14.2 Å². The Hall–Kier alpha value is -2.93. The van der Waals surface area contributed by atoms with Gasteiger partial charge in [0.15, 0.2) is 10.8 Å². The molecule has 4 rings (SSSR count). The first-order valence-corrected chi connectivity index (χ1v) is 10.4. The van der Waals surface area contributed by atoms with Crippen molar-refractivity contribution in [3.05, 3.63) is 54.1 Å². The summed E-state index contributed by atoms with van der Waals surface area (Å²) >= 11 is 1.68. The fraction of sp³-hybridized carbons (Fsp3) is 0.273. The number of benzene rings is 2. The summed E-state index contributed by atoms with van der Waals surface area (Å²) in [6.45, 7) is 2.73. The molecule has 0 amide bonds. The summed E-state index contributed by atoms with van der Waals surface area (Å²) in [6.07, 6.45) is 0.902. The molecule has 0 spiro atoms. The Morgan fingerprint density at radius 1 is 0.897 bits per heavy atom. The van der Waals surface area contributed by atoms with Crippen molar-refractivity contribution < 1.29 is 14.2 Å². The van der Waals surface area contributed by atoms with Gasteiger partial charge in [0.25, 0.3) is 0 Å². The smallest absolute Gasteiger partial charge is 0.196 e. The Morgan fingerprint density at radius 3 is 2.38 bits per heavy atom. The van der Waals surface area contributed by atoms with Crippen molar-refractivity contribution in [2.24, 2.45) is 0 Å². The second-order valence-corrected chi connectivity index (χ2v) is 7.67. The van der Waals surface area contributed by atoms with Crippen molar-refractivity contribution in [2.45, 2.75) is 18.5 Å². The number of aromatic nitrogens is 3. The first-order chi connectivity index (χ1) is 14.2. The number of fused-ring (bicyclic) bond motifs is 3. The van der Waals surface area contributed by atoms with Gasteiger partial charge in [0.2, 0.25) is 0 Å². The lowest BCUT2D eigenvalue weighted by Gasteiger charge is -2.09. The summed E-state index contributed by atoms with van der Waals surface area (Å²) < 4.78 is 18.5. The Balaban J connectivity index is 1.44. The SMILES string of the molecule is COc1ccc(OCCCSc2nnc3cc(C)c4ccc(OC)cc4n23)cc1. The summed E-state index contributed by atoms with van der Waals surface area (Å²) in [4.78, 5) is 0. The van der Waals surface area contributed by atoms with Gasteiger partial charge in [0.1, 0.15) is 17.2 Å². The molecule has 7 heteroatoms. The van der Waals surface area contributed by atoms with Gasteiger partial charge in [-0.2, -0.15) is 0 Å². The molecule has 0 saturated heterocycles. The van der Waals surface area contributed by atoms with E-state index in [1.54, 1.807) is 26.0 Å². The molecular formula is C22H23N3O3S. The first kappa shape index (κ1) is 19.4. The fourth-order valence-corrected chi connectivity index (χ4v) is 4.07. The lowest BCUT2D eigenvalue weighted by molar-refractivity contribution is 0.318. The molecule has 2 aromatic carbocycles. The quantitative estimate of drug-likeness (QED) is 0.309. The van der Waals surface area contributed by atoms with Crippen LogP contribution >= 0.6 is 11.8 Å². The number of rotatable bonds is 8. The Kier molecular flexibility index (Phi) is 5.76. The van der Waals surface area contributed by atoms with E-state index in [4.69, 9.17) is 14.2 Å². The van der Waals surface area contributed by atoms with Crippen LogP contribution in [-0.4, -0.2) is 41.2 Å². The van der Waals surface area contributed by atoms with E-state index in [0.717, 1.165) is 45.7 Å². The number of aryl methyl sites for hydroxylation is 1. The van der Waals surface area contributed by atoms with E-state index in [-0.39, 0.29) is 0 Å². The molecule has 0 bridgehead atoms. The van der Waals surface area contributed by atoms with Crippen LogP contribution in [0.2, 0.25) is 0 Å². The summed E-state index contributed by atoms with van der Waals surface area (Å²) in [6, 6.07) is 15.8. The molecule has 150 valence electrons. The maximum Gasteiger partial charge on any atom is 0.196 e. The van der Waals surface area contributed by atoms with Crippen molar-refractivity contribution in [2.75, 3.05) is 26.6 Å². The van der Waals surface area contributed by atoms with Gasteiger partial charge < -0.3 is 14.2 Å². The Bertz CT molecular complexity index is 1130. The van der Waals surface area contributed by atoms with Crippen LogP contribution in [0, 0.1) is 6.92 Å². The molecule has 4 aromatic rings. The van der Waals surface area contributed by atoms with Gasteiger partial charge in [0, 0.05) is 17.2 Å². The monoisotopic (exact) mass is 409 g/mol. The molecule has 2 heterocycles. The summed E-state index contributed by atoms with van der Waals surface area (Å²) in [5.41, 5.74) is 3.08. The van der Waals surface area contributed by atoms with Crippen LogP contribution in [-0.2, 0) is 0 Å². The zero-order chi connectivity index (χ0) is 20.2. The van der Waals surface area contributed by atoms with Crippen LogP contribution in [0.5, 0.6) is 17.2 Å². The molecule has 0 aliphatic rings. The van der Waals surface area contributed by atoms with Crippen LogP contribution in [0.1, 0.15) is 12.0 Å². The molecule has 0 unspecified atom stereocenters. The van der Waals surface area contributed by atoms with E-state index < -0.39 is 0 Å². The van der Waals surface area contributed by atoms with Gasteiger partial charge in [-0.1, -0.05) is 11.8 Å². The minimum Gasteiger partial charge on any atom is -0.497 e. The standard InChI is InChI=1S/C22H23N3O3S/c1-15-13-21-23-24-22(25(21)20-14-18(27-3)9-10-19(15)20)29-12-4-11-28-17-7-5-16(26-2)6-8-17/h5-10,13-14H,4,11-12H2,1-3H3. The highest BCUT2D eigenvalue weighted by atomic mass is 32.2. The molecule has 0 radical (unpaired) electrons. The Morgan fingerprint density at radius 2 is 1.62 bits per heavy atom. The van der Waals surface area contributed by atoms with E-state index in [2.05, 4.69) is 33.7 Å². The van der Waals surface area contributed by atoms with E-state index in [0.29, 0.717) is 6.61 Å². The number of hydrogen-bond donors (Lipinski definition) is 0. The number of hydrogen-bond acceptors (Lipinski definition) is 6. The molecule has 6 nitrogen and oxygen atoms in total. The molecule has 0 saturated carbocycles. The maximum absolute atomic E-state index is 5.80. The molecule has 0 aliphatic heterocycles. The molecule has 0 fully saturated rings. The third kappa shape index (κ3) is 4.10. The molecule has 29 heavy (non-hydrogen) atoms. The second kappa shape index (κ2) is 8.61.